The largest absolute Gasteiger partial charge is 0.341 e. The first kappa shape index (κ1) is 15.5. The SMILES string of the molecule is C#CC(=O)NCc1ccccc1.NCc1ccccc1. The molecular formula is C17H18N2O. The molecule has 2 rings (SSSR count). The van der Waals surface area contributed by atoms with Crippen LogP contribution in [0.5, 0.6) is 0 Å². The number of carbonyl (C=O) groups excluding carboxylic acids is 1. The van der Waals surface area contributed by atoms with Gasteiger partial charge in [0.1, 0.15) is 0 Å². The van der Waals surface area contributed by atoms with Crippen LogP contribution in [-0.4, -0.2) is 5.91 Å². The van der Waals surface area contributed by atoms with Gasteiger partial charge in [0, 0.05) is 13.1 Å². The third-order valence-corrected chi connectivity index (χ3v) is 2.51. The predicted molar refractivity (Wildman–Crippen MR) is 81.5 cm³/mol. The van der Waals surface area contributed by atoms with Crippen molar-refractivity contribution in [2.45, 2.75) is 13.1 Å². The van der Waals surface area contributed by atoms with Gasteiger partial charge in [0.25, 0.3) is 5.91 Å². The minimum absolute atomic E-state index is 0.376. The van der Waals surface area contributed by atoms with Gasteiger partial charge in [-0.25, -0.2) is 0 Å². The zero-order chi connectivity index (χ0) is 14.6. The summed E-state index contributed by atoms with van der Waals surface area (Å²) in [5, 5.41) is 2.57. The van der Waals surface area contributed by atoms with Crippen molar-refractivity contribution in [2.24, 2.45) is 5.73 Å². The molecular weight excluding hydrogens is 248 g/mol. The molecule has 0 radical (unpaired) electrons. The first-order valence-electron chi connectivity index (χ1n) is 6.28. The number of nitrogens with one attached hydrogen (secondary N) is 1. The summed E-state index contributed by atoms with van der Waals surface area (Å²) in [4.78, 5) is 10.6. The Morgan fingerprint density at radius 1 is 1.00 bits per heavy atom. The topological polar surface area (TPSA) is 55.1 Å². The first-order valence-corrected chi connectivity index (χ1v) is 6.28. The van der Waals surface area contributed by atoms with Gasteiger partial charge in [-0.3, -0.25) is 4.79 Å². The van der Waals surface area contributed by atoms with Crippen molar-refractivity contribution in [1.29, 1.82) is 0 Å². The molecule has 1 amide bonds. The number of benzene rings is 2. The highest BCUT2D eigenvalue weighted by atomic mass is 16.1. The van der Waals surface area contributed by atoms with E-state index < -0.39 is 0 Å². The zero-order valence-corrected chi connectivity index (χ0v) is 11.3. The number of amides is 1. The van der Waals surface area contributed by atoms with Crippen molar-refractivity contribution in [1.82, 2.24) is 5.32 Å². The summed E-state index contributed by atoms with van der Waals surface area (Å²) in [6.07, 6.45) is 4.87. The monoisotopic (exact) mass is 266 g/mol. The molecule has 0 unspecified atom stereocenters. The van der Waals surface area contributed by atoms with Gasteiger partial charge < -0.3 is 11.1 Å². The summed E-state index contributed by atoms with van der Waals surface area (Å²) < 4.78 is 0. The van der Waals surface area contributed by atoms with Crippen LogP contribution in [0.25, 0.3) is 0 Å². The minimum atomic E-state index is -0.376. The summed E-state index contributed by atoms with van der Waals surface area (Å²) in [5.41, 5.74) is 7.58. The van der Waals surface area contributed by atoms with Crippen LogP contribution in [0, 0.1) is 12.3 Å². The summed E-state index contributed by atoms with van der Waals surface area (Å²) in [5.74, 6) is 1.61. The lowest BCUT2D eigenvalue weighted by Crippen LogP contribution is -2.20. The summed E-state index contributed by atoms with van der Waals surface area (Å²) in [6, 6.07) is 19.6. The van der Waals surface area contributed by atoms with Gasteiger partial charge in [0.15, 0.2) is 0 Å². The average molecular weight is 266 g/mol. The minimum Gasteiger partial charge on any atom is -0.341 e. The van der Waals surface area contributed by atoms with Gasteiger partial charge >= 0.3 is 0 Å². The van der Waals surface area contributed by atoms with Gasteiger partial charge in [-0.1, -0.05) is 60.7 Å². The van der Waals surface area contributed by atoms with E-state index >= 15 is 0 Å². The van der Waals surface area contributed by atoms with Crippen LogP contribution in [-0.2, 0) is 17.9 Å². The Balaban J connectivity index is 0.000000217. The summed E-state index contributed by atoms with van der Waals surface area (Å²) >= 11 is 0. The molecule has 0 atom stereocenters. The van der Waals surface area contributed by atoms with E-state index in [0.29, 0.717) is 13.1 Å². The van der Waals surface area contributed by atoms with Crippen molar-refractivity contribution in [2.75, 3.05) is 0 Å². The standard InChI is InChI=1S/C10H9NO.C7H9N/c1-2-10(12)11-8-9-6-4-3-5-7-9;8-6-7-4-2-1-3-5-7/h1,3-7H,8H2,(H,11,12);1-5H,6,8H2. The molecule has 3 heteroatoms. The fourth-order valence-electron chi connectivity index (χ4n) is 1.44. The van der Waals surface area contributed by atoms with E-state index in [9.17, 15) is 4.79 Å². The second-order valence-corrected chi connectivity index (χ2v) is 4.00. The Morgan fingerprint density at radius 3 is 1.90 bits per heavy atom. The molecule has 0 aliphatic carbocycles. The van der Waals surface area contributed by atoms with Gasteiger partial charge in [-0.05, 0) is 17.0 Å². The van der Waals surface area contributed by atoms with Gasteiger partial charge in [0.05, 0.1) is 0 Å². The molecule has 2 aromatic carbocycles. The Kier molecular flexibility index (Phi) is 7.26. The maximum Gasteiger partial charge on any atom is 0.295 e. The van der Waals surface area contributed by atoms with Crippen molar-refractivity contribution in [3.63, 3.8) is 0 Å². The molecule has 2 aromatic rings. The molecule has 0 aliphatic rings. The number of hydrogen-bond acceptors (Lipinski definition) is 2. The van der Waals surface area contributed by atoms with Crippen LogP contribution >= 0.6 is 0 Å². The molecule has 0 spiro atoms. The van der Waals surface area contributed by atoms with E-state index in [0.717, 1.165) is 5.56 Å². The van der Waals surface area contributed by atoms with Gasteiger partial charge in [-0.15, -0.1) is 6.42 Å². The third kappa shape index (κ3) is 6.39. The van der Waals surface area contributed by atoms with E-state index in [2.05, 4.69) is 5.32 Å². The average Bonchev–Trinajstić information content (AvgIpc) is 2.55. The van der Waals surface area contributed by atoms with E-state index in [1.165, 1.54) is 5.56 Å². The molecule has 3 N–H and O–H groups in total. The molecule has 0 aliphatic heterocycles. The van der Waals surface area contributed by atoms with Crippen LogP contribution in [0.15, 0.2) is 60.7 Å². The predicted octanol–water partition coefficient (Wildman–Crippen LogP) is 2.08. The molecule has 0 aromatic heterocycles. The molecule has 102 valence electrons. The second-order valence-electron chi connectivity index (χ2n) is 4.00. The van der Waals surface area contributed by atoms with Crippen LogP contribution in [0.2, 0.25) is 0 Å². The smallest absolute Gasteiger partial charge is 0.295 e. The van der Waals surface area contributed by atoms with Crippen molar-refractivity contribution in [3.05, 3.63) is 71.8 Å². The fraction of sp³-hybridized carbons (Fsp3) is 0.118. The van der Waals surface area contributed by atoms with E-state index in [4.69, 9.17) is 12.2 Å². The maximum absolute atomic E-state index is 10.6. The van der Waals surface area contributed by atoms with Crippen LogP contribution in [0.3, 0.4) is 0 Å². The lowest BCUT2D eigenvalue weighted by molar-refractivity contribution is -0.115. The van der Waals surface area contributed by atoms with Gasteiger partial charge in [-0.2, -0.15) is 0 Å². The summed E-state index contributed by atoms with van der Waals surface area (Å²) in [6.45, 7) is 1.13. The number of nitrogens with two attached hydrogens (primary N) is 1. The highest BCUT2D eigenvalue weighted by Crippen LogP contribution is 1.96. The Labute approximate surface area is 119 Å². The van der Waals surface area contributed by atoms with Crippen molar-refractivity contribution >= 4 is 5.91 Å². The Bertz CT molecular complexity index is 544. The molecule has 20 heavy (non-hydrogen) atoms. The molecule has 3 nitrogen and oxygen atoms in total. The number of rotatable bonds is 3. The van der Waals surface area contributed by atoms with Crippen LogP contribution in [0.4, 0.5) is 0 Å². The van der Waals surface area contributed by atoms with Crippen molar-refractivity contribution in [3.8, 4) is 12.3 Å². The van der Waals surface area contributed by atoms with E-state index in [1.807, 2.05) is 66.6 Å². The first-order chi connectivity index (χ1) is 9.76. The summed E-state index contributed by atoms with van der Waals surface area (Å²) in [7, 11) is 0. The molecule has 0 fully saturated rings. The maximum atomic E-state index is 10.6. The molecule has 0 heterocycles. The zero-order valence-electron chi connectivity index (χ0n) is 11.3. The molecule has 0 bridgehead atoms. The normalized spacial score (nSPS) is 8.80. The highest BCUT2D eigenvalue weighted by molar-refractivity contribution is 5.92. The van der Waals surface area contributed by atoms with E-state index in [-0.39, 0.29) is 5.91 Å². The second kappa shape index (κ2) is 9.37. The number of hydrogen-bond donors (Lipinski definition) is 2. The Morgan fingerprint density at radius 2 is 1.50 bits per heavy atom. The van der Waals surface area contributed by atoms with Crippen LogP contribution < -0.4 is 11.1 Å². The third-order valence-electron chi connectivity index (χ3n) is 2.51. The van der Waals surface area contributed by atoms with Gasteiger partial charge in [0.2, 0.25) is 0 Å². The number of terminal acetylenes is 1. The fourth-order valence-corrected chi connectivity index (χ4v) is 1.44. The van der Waals surface area contributed by atoms with Crippen LogP contribution in [0.1, 0.15) is 11.1 Å². The quantitative estimate of drug-likeness (QED) is 0.836. The lowest BCUT2D eigenvalue weighted by atomic mass is 10.2. The molecule has 0 saturated heterocycles. The lowest BCUT2D eigenvalue weighted by Gasteiger charge is -1.99. The Hall–Kier alpha value is -2.57. The highest BCUT2D eigenvalue weighted by Gasteiger charge is 1.93. The van der Waals surface area contributed by atoms with Crippen molar-refractivity contribution < 1.29 is 4.79 Å². The number of carbonyl (C=O) groups is 1. The van der Waals surface area contributed by atoms with E-state index in [1.54, 1.807) is 0 Å². The molecule has 0 saturated carbocycles.